The van der Waals surface area contributed by atoms with Crippen molar-refractivity contribution in [3.63, 3.8) is 0 Å². The summed E-state index contributed by atoms with van der Waals surface area (Å²) in [4.78, 5) is 0. The van der Waals surface area contributed by atoms with E-state index in [0.717, 1.165) is 51.4 Å². The number of hydrogen-bond acceptors (Lipinski definition) is 4. The summed E-state index contributed by atoms with van der Waals surface area (Å²) in [5, 5.41) is 38.1. The van der Waals surface area contributed by atoms with Crippen molar-refractivity contribution in [2.45, 2.75) is 79.1 Å². The Morgan fingerprint density at radius 1 is 0.375 bits per heavy atom. The van der Waals surface area contributed by atoms with Gasteiger partial charge in [-0.25, -0.2) is 0 Å². The molecule has 0 saturated heterocycles. The summed E-state index contributed by atoms with van der Waals surface area (Å²) in [6.07, 6.45) is 7.46. The van der Waals surface area contributed by atoms with E-state index in [1.165, 1.54) is 0 Å². The standard InChI is InChI=1S/4C4H9O.4K/c4*1-2-3-4-5;;;;/h4*2-4H2,1H3;;;;/q4*-1;4*+1. The van der Waals surface area contributed by atoms with E-state index in [4.69, 9.17) is 0 Å². The molecule has 0 N–H and O–H groups in total. The van der Waals surface area contributed by atoms with Gasteiger partial charge in [0.2, 0.25) is 0 Å². The van der Waals surface area contributed by atoms with E-state index in [2.05, 4.69) is 0 Å². The molecule has 0 aliphatic heterocycles. The van der Waals surface area contributed by atoms with Gasteiger partial charge in [-0.05, 0) is 0 Å². The normalized spacial score (nSPS) is 7.00. The predicted molar refractivity (Wildman–Crippen MR) is 79.1 cm³/mol. The first-order valence-corrected chi connectivity index (χ1v) is 7.98. The van der Waals surface area contributed by atoms with Crippen molar-refractivity contribution in [2.24, 2.45) is 0 Å². The second kappa shape index (κ2) is 70.0. The van der Waals surface area contributed by atoms with Crippen LogP contribution in [0.3, 0.4) is 0 Å². The van der Waals surface area contributed by atoms with Crippen molar-refractivity contribution in [1.29, 1.82) is 0 Å². The van der Waals surface area contributed by atoms with Crippen molar-refractivity contribution in [3.05, 3.63) is 0 Å². The van der Waals surface area contributed by atoms with Crippen LogP contribution in [0.25, 0.3) is 0 Å². The van der Waals surface area contributed by atoms with Crippen LogP contribution in [-0.4, -0.2) is 26.4 Å². The van der Waals surface area contributed by atoms with Gasteiger partial charge in [-0.1, -0.05) is 79.1 Å². The Morgan fingerprint density at radius 3 is 0.500 bits per heavy atom. The van der Waals surface area contributed by atoms with Gasteiger partial charge in [0.25, 0.3) is 0 Å². The maximum absolute atomic E-state index is 9.53. The zero-order chi connectivity index (χ0) is 16.5. The molecule has 0 bridgehead atoms. The summed E-state index contributed by atoms with van der Waals surface area (Å²) >= 11 is 0. The quantitative estimate of drug-likeness (QED) is 0.345. The van der Waals surface area contributed by atoms with Crippen molar-refractivity contribution in [2.75, 3.05) is 26.4 Å². The van der Waals surface area contributed by atoms with E-state index in [9.17, 15) is 20.4 Å². The predicted octanol–water partition coefficient (Wildman–Crippen LogP) is -11.4. The smallest absolute Gasteiger partial charge is 0.854 e. The summed E-state index contributed by atoms with van der Waals surface area (Å²) in [7, 11) is 0. The van der Waals surface area contributed by atoms with E-state index in [1.54, 1.807) is 0 Å². The van der Waals surface area contributed by atoms with Gasteiger partial charge >= 0.3 is 206 Å². The van der Waals surface area contributed by atoms with Crippen LogP contribution in [-0.2, 0) is 0 Å². The summed E-state index contributed by atoms with van der Waals surface area (Å²) in [6, 6.07) is 0. The molecule has 0 aliphatic carbocycles. The van der Waals surface area contributed by atoms with Crippen LogP contribution in [0.15, 0.2) is 0 Å². The average Bonchev–Trinajstić information content (AvgIpc) is 2.44. The minimum atomic E-state index is 0. The molecule has 0 amide bonds. The van der Waals surface area contributed by atoms with Crippen LogP contribution < -0.4 is 226 Å². The van der Waals surface area contributed by atoms with Crippen LogP contribution in [0.1, 0.15) is 79.1 Å². The average molecular weight is 449 g/mol. The van der Waals surface area contributed by atoms with E-state index < -0.39 is 0 Å². The Kier molecular flexibility index (Phi) is 153. The zero-order valence-corrected chi connectivity index (χ0v) is 30.6. The third kappa shape index (κ3) is 103. The van der Waals surface area contributed by atoms with Gasteiger partial charge in [0.15, 0.2) is 0 Å². The van der Waals surface area contributed by atoms with E-state index >= 15 is 0 Å². The second-order valence-electron chi connectivity index (χ2n) is 4.23. The molecule has 0 aliphatic rings. The minimum absolute atomic E-state index is 0. The van der Waals surface area contributed by atoms with E-state index in [0.29, 0.717) is 0 Å². The molecule has 0 aromatic heterocycles. The Balaban J connectivity index is -0.0000000225. The molecular weight excluding hydrogens is 413 g/mol. The van der Waals surface area contributed by atoms with Crippen molar-refractivity contribution in [3.8, 4) is 0 Å². The molecule has 4 nitrogen and oxygen atoms in total. The maximum Gasteiger partial charge on any atom is 1.00 e. The molecular formula is C16H36K4O4. The molecule has 0 fully saturated rings. The SMILES string of the molecule is CCCC[O-].CCCC[O-].CCCC[O-].CCCC[O-].[K+].[K+].[K+].[K+]. The van der Waals surface area contributed by atoms with Gasteiger partial charge < -0.3 is 20.4 Å². The molecule has 8 heteroatoms. The molecule has 0 radical (unpaired) electrons. The van der Waals surface area contributed by atoms with Gasteiger partial charge in [0.05, 0.1) is 0 Å². The molecule has 24 heavy (non-hydrogen) atoms. The van der Waals surface area contributed by atoms with Crippen molar-refractivity contribution < 1.29 is 226 Å². The van der Waals surface area contributed by atoms with Crippen LogP contribution in [0.4, 0.5) is 0 Å². The van der Waals surface area contributed by atoms with Crippen LogP contribution in [0, 0.1) is 0 Å². The molecule has 0 atom stereocenters. The Bertz CT molecular complexity index is 84.1. The molecule has 0 saturated carbocycles. The van der Waals surface area contributed by atoms with Crippen molar-refractivity contribution in [1.82, 2.24) is 0 Å². The number of unbranched alkanes of at least 4 members (excludes halogenated alkanes) is 4. The fraction of sp³-hybridized carbons (Fsp3) is 1.00. The minimum Gasteiger partial charge on any atom is -0.854 e. The van der Waals surface area contributed by atoms with E-state index in [-0.39, 0.29) is 232 Å². The topological polar surface area (TPSA) is 92.2 Å². The summed E-state index contributed by atoms with van der Waals surface area (Å²) < 4.78 is 0. The van der Waals surface area contributed by atoms with Gasteiger partial charge in [-0.3, -0.25) is 0 Å². The van der Waals surface area contributed by atoms with Gasteiger partial charge in [-0.2, -0.15) is 0 Å². The molecule has 0 unspecified atom stereocenters. The molecule has 0 aromatic carbocycles. The molecule has 128 valence electrons. The third-order valence-electron chi connectivity index (χ3n) is 1.99. The third-order valence-corrected chi connectivity index (χ3v) is 1.99. The van der Waals surface area contributed by atoms with Crippen LogP contribution in [0.5, 0.6) is 0 Å². The molecule has 0 aromatic rings. The largest absolute Gasteiger partial charge is 1.00 e. The van der Waals surface area contributed by atoms with Gasteiger partial charge in [0, 0.05) is 0 Å². The fourth-order valence-corrected chi connectivity index (χ4v) is 0.577. The first kappa shape index (κ1) is 52.4. The monoisotopic (exact) mass is 448 g/mol. The van der Waals surface area contributed by atoms with E-state index in [1.807, 2.05) is 27.7 Å². The fourth-order valence-electron chi connectivity index (χ4n) is 0.577. The number of hydrogen-bond donors (Lipinski definition) is 0. The molecule has 0 heterocycles. The summed E-state index contributed by atoms with van der Waals surface area (Å²) in [5.74, 6) is 0. The Labute approximate surface area is 322 Å². The first-order chi connectivity index (χ1) is 9.66. The summed E-state index contributed by atoms with van der Waals surface area (Å²) in [5.41, 5.74) is 0. The number of rotatable bonds is 8. The molecule has 0 rings (SSSR count). The molecule has 0 spiro atoms. The van der Waals surface area contributed by atoms with Gasteiger partial charge in [0.1, 0.15) is 0 Å². The maximum atomic E-state index is 9.53. The summed E-state index contributed by atoms with van der Waals surface area (Å²) in [6.45, 7) is 8.42. The Morgan fingerprint density at radius 2 is 0.500 bits per heavy atom. The Hall–Kier alpha value is 6.39. The zero-order valence-electron chi connectivity index (χ0n) is 18.1. The van der Waals surface area contributed by atoms with Crippen LogP contribution >= 0.6 is 0 Å². The van der Waals surface area contributed by atoms with Crippen molar-refractivity contribution >= 4 is 0 Å². The first-order valence-electron chi connectivity index (χ1n) is 7.98. The van der Waals surface area contributed by atoms with Gasteiger partial charge in [-0.15, -0.1) is 26.4 Å². The van der Waals surface area contributed by atoms with Crippen LogP contribution in [0.2, 0.25) is 0 Å². The second-order valence-corrected chi connectivity index (χ2v) is 4.23.